The van der Waals surface area contributed by atoms with E-state index < -0.39 is 0 Å². The van der Waals surface area contributed by atoms with Gasteiger partial charge in [0.15, 0.2) is 0 Å². The zero-order valence-corrected chi connectivity index (χ0v) is 16.9. The molecule has 0 spiro atoms. The van der Waals surface area contributed by atoms with Crippen molar-refractivity contribution in [2.75, 3.05) is 33.2 Å². The molecule has 2 atom stereocenters. The Labute approximate surface area is 167 Å². The first-order valence-corrected chi connectivity index (χ1v) is 10.4. The van der Waals surface area contributed by atoms with Gasteiger partial charge >= 0.3 is 6.03 Å². The third kappa shape index (κ3) is 3.53. The van der Waals surface area contributed by atoms with Gasteiger partial charge in [-0.2, -0.15) is 0 Å². The summed E-state index contributed by atoms with van der Waals surface area (Å²) in [5.74, 6) is 0.0578. The van der Waals surface area contributed by atoms with Crippen molar-refractivity contribution in [3.63, 3.8) is 0 Å². The van der Waals surface area contributed by atoms with Crippen LogP contribution in [-0.2, 0) is 4.79 Å². The molecular formula is C22H30N4O2. The zero-order valence-electron chi connectivity index (χ0n) is 16.9. The molecular weight excluding hydrogens is 352 g/mol. The molecule has 1 fully saturated rings. The van der Waals surface area contributed by atoms with Crippen molar-refractivity contribution in [2.45, 2.75) is 44.7 Å². The summed E-state index contributed by atoms with van der Waals surface area (Å²) in [6.07, 6.45) is 4.85. The molecule has 0 saturated carbocycles. The number of likely N-dealkylation sites (N-methyl/N-ethyl adjacent to an activating group) is 1. The molecule has 0 radical (unpaired) electrons. The number of rotatable bonds is 5. The quantitative estimate of drug-likeness (QED) is 0.852. The highest BCUT2D eigenvalue weighted by molar-refractivity contribution is 6.01. The van der Waals surface area contributed by atoms with Crippen molar-refractivity contribution in [1.82, 2.24) is 20.0 Å². The zero-order chi connectivity index (χ0) is 19.7. The van der Waals surface area contributed by atoms with E-state index in [-0.39, 0.29) is 18.0 Å². The molecule has 1 aromatic rings. The lowest BCUT2D eigenvalue weighted by Crippen LogP contribution is -2.45. The minimum atomic E-state index is -0.362. The molecule has 150 valence electrons. The van der Waals surface area contributed by atoms with Gasteiger partial charge in [0.1, 0.15) is 0 Å². The van der Waals surface area contributed by atoms with E-state index in [1.807, 2.05) is 35.2 Å². The number of piperidine rings is 1. The number of benzene rings is 1. The minimum absolute atomic E-state index is 0.0578. The van der Waals surface area contributed by atoms with Crippen molar-refractivity contribution >= 4 is 11.9 Å². The predicted octanol–water partition coefficient (Wildman–Crippen LogP) is 2.74. The average molecular weight is 383 g/mol. The summed E-state index contributed by atoms with van der Waals surface area (Å²) in [4.78, 5) is 31.7. The van der Waals surface area contributed by atoms with Gasteiger partial charge in [0.25, 0.3) is 5.91 Å². The van der Waals surface area contributed by atoms with Gasteiger partial charge in [-0.1, -0.05) is 36.8 Å². The fraction of sp³-hybridized carbons (Fsp3) is 0.545. The Hall–Kier alpha value is -2.34. The summed E-state index contributed by atoms with van der Waals surface area (Å²) < 4.78 is 0. The molecule has 0 bridgehead atoms. The van der Waals surface area contributed by atoms with Crippen LogP contribution in [0, 0.1) is 0 Å². The van der Waals surface area contributed by atoms with Crippen molar-refractivity contribution in [2.24, 2.45) is 0 Å². The number of urea groups is 1. The van der Waals surface area contributed by atoms with Crippen LogP contribution in [0.3, 0.4) is 0 Å². The second kappa shape index (κ2) is 7.95. The molecule has 1 N–H and O–H groups in total. The topological polar surface area (TPSA) is 55.9 Å². The van der Waals surface area contributed by atoms with Crippen LogP contribution in [0.5, 0.6) is 0 Å². The van der Waals surface area contributed by atoms with Crippen LogP contribution >= 0.6 is 0 Å². The number of carbonyl (C=O) groups excluding carboxylic acids is 2. The second-order valence-corrected chi connectivity index (χ2v) is 8.17. The maximum absolute atomic E-state index is 13.2. The first-order chi connectivity index (χ1) is 13.6. The molecule has 0 unspecified atom stereocenters. The first kappa shape index (κ1) is 19.0. The summed E-state index contributed by atoms with van der Waals surface area (Å²) in [7, 11) is 1.75. The standard InChI is InChI=1S/C22H30N4O2/c1-16-9-6-7-12-25(16)13-8-14-26-15-18-19(21(26)27)20(23-22(28)24(18)2)17-10-4-3-5-11-17/h3-5,10-11,16,20H,6-9,12-15H2,1-2H3,(H,23,28)/t16-,20-/m0/s1. The number of hydrogen-bond donors (Lipinski definition) is 1. The summed E-state index contributed by atoms with van der Waals surface area (Å²) >= 11 is 0. The molecule has 6 nitrogen and oxygen atoms in total. The van der Waals surface area contributed by atoms with E-state index >= 15 is 0 Å². The molecule has 0 aliphatic carbocycles. The van der Waals surface area contributed by atoms with Crippen LogP contribution in [-0.4, -0.2) is 65.9 Å². The van der Waals surface area contributed by atoms with Gasteiger partial charge in [0.2, 0.25) is 0 Å². The molecule has 3 aliphatic rings. The molecule has 4 rings (SSSR count). The fourth-order valence-electron chi connectivity index (χ4n) is 4.65. The van der Waals surface area contributed by atoms with Crippen molar-refractivity contribution < 1.29 is 9.59 Å². The lowest BCUT2D eigenvalue weighted by Gasteiger charge is -2.33. The smallest absolute Gasteiger partial charge is 0.322 e. The Morgan fingerprint density at radius 2 is 1.89 bits per heavy atom. The van der Waals surface area contributed by atoms with Crippen LogP contribution in [0.15, 0.2) is 41.6 Å². The highest BCUT2D eigenvalue weighted by Gasteiger charge is 2.42. The van der Waals surface area contributed by atoms with Crippen LogP contribution < -0.4 is 5.32 Å². The lowest BCUT2D eigenvalue weighted by atomic mass is 9.96. The van der Waals surface area contributed by atoms with Gasteiger partial charge in [-0.15, -0.1) is 0 Å². The third-order valence-corrected chi connectivity index (χ3v) is 6.38. The van der Waals surface area contributed by atoms with Crippen molar-refractivity contribution in [1.29, 1.82) is 0 Å². The summed E-state index contributed by atoms with van der Waals surface area (Å²) in [5.41, 5.74) is 2.52. The molecule has 28 heavy (non-hydrogen) atoms. The Bertz CT molecular complexity index is 776. The Morgan fingerprint density at radius 1 is 1.11 bits per heavy atom. The molecule has 1 aromatic carbocycles. The second-order valence-electron chi connectivity index (χ2n) is 8.17. The van der Waals surface area contributed by atoms with Gasteiger partial charge in [-0.05, 0) is 38.3 Å². The van der Waals surface area contributed by atoms with E-state index in [0.717, 1.165) is 36.3 Å². The van der Waals surface area contributed by atoms with Gasteiger partial charge in [-0.25, -0.2) is 4.79 Å². The fourth-order valence-corrected chi connectivity index (χ4v) is 4.65. The van der Waals surface area contributed by atoms with Gasteiger partial charge in [0.05, 0.1) is 23.9 Å². The Kier molecular flexibility index (Phi) is 5.40. The maximum Gasteiger partial charge on any atom is 0.322 e. The minimum Gasteiger partial charge on any atom is -0.333 e. The lowest BCUT2D eigenvalue weighted by molar-refractivity contribution is -0.125. The monoisotopic (exact) mass is 382 g/mol. The number of carbonyl (C=O) groups is 2. The van der Waals surface area contributed by atoms with Crippen molar-refractivity contribution in [3.8, 4) is 0 Å². The van der Waals surface area contributed by atoms with Gasteiger partial charge in [0, 0.05) is 26.2 Å². The van der Waals surface area contributed by atoms with E-state index in [1.54, 1.807) is 11.9 Å². The molecule has 3 aliphatic heterocycles. The summed E-state index contributed by atoms with van der Waals surface area (Å²) in [5, 5.41) is 2.99. The van der Waals surface area contributed by atoms with Crippen LogP contribution in [0.4, 0.5) is 4.79 Å². The van der Waals surface area contributed by atoms with E-state index in [1.165, 1.54) is 25.8 Å². The van der Waals surface area contributed by atoms with E-state index in [9.17, 15) is 9.59 Å². The SMILES string of the molecule is C[C@H]1CCCCN1CCCN1CC2=C(C1=O)[C@H](c1ccccc1)NC(=O)N2C. The molecule has 6 heteroatoms. The number of likely N-dealkylation sites (tertiary alicyclic amines) is 1. The average Bonchev–Trinajstić information content (AvgIpc) is 3.04. The van der Waals surface area contributed by atoms with E-state index in [4.69, 9.17) is 0 Å². The predicted molar refractivity (Wildman–Crippen MR) is 109 cm³/mol. The molecule has 3 heterocycles. The normalized spacial score (nSPS) is 25.9. The molecule has 3 amide bonds. The Balaban J connectivity index is 1.45. The summed E-state index contributed by atoms with van der Waals surface area (Å²) in [6.45, 7) is 5.76. The molecule has 1 saturated heterocycles. The van der Waals surface area contributed by atoms with Crippen LogP contribution in [0.25, 0.3) is 0 Å². The number of amides is 3. The van der Waals surface area contributed by atoms with E-state index in [2.05, 4.69) is 17.1 Å². The highest BCUT2D eigenvalue weighted by Crippen LogP contribution is 2.35. The largest absolute Gasteiger partial charge is 0.333 e. The number of nitrogens with one attached hydrogen (secondary N) is 1. The Morgan fingerprint density at radius 3 is 2.64 bits per heavy atom. The maximum atomic E-state index is 13.2. The van der Waals surface area contributed by atoms with Crippen LogP contribution in [0.1, 0.15) is 44.2 Å². The van der Waals surface area contributed by atoms with Crippen molar-refractivity contribution in [3.05, 3.63) is 47.2 Å². The van der Waals surface area contributed by atoms with Crippen LogP contribution in [0.2, 0.25) is 0 Å². The number of hydrogen-bond acceptors (Lipinski definition) is 3. The summed E-state index contributed by atoms with van der Waals surface area (Å²) in [6, 6.07) is 9.89. The molecule has 0 aromatic heterocycles. The van der Waals surface area contributed by atoms with Gasteiger partial charge in [-0.3, -0.25) is 9.69 Å². The third-order valence-electron chi connectivity index (χ3n) is 6.38. The first-order valence-electron chi connectivity index (χ1n) is 10.4. The number of nitrogens with zero attached hydrogens (tertiary/aromatic N) is 3. The van der Waals surface area contributed by atoms with E-state index in [0.29, 0.717) is 12.6 Å². The van der Waals surface area contributed by atoms with Gasteiger partial charge < -0.3 is 15.1 Å². The highest BCUT2D eigenvalue weighted by atomic mass is 16.2.